The van der Waals surface area contributed by atoms with Crippen molar-refractivity contribution in [2.24, 2.45) is 0 Å². The third-order valence-corrected chi connectivity index (χ3v) is 4.49. The van der Waals surface area contributed by atoms with Crippen molar-refractivity contribution in [1.29, 1.82) is 0 Å². The molecule has 3 unspecified atom stereocenters. The van der Waals surface area contributed by atoms with Crippen molar-refractivity contribution >= 4 is 16.7 Å². The van der Waals surface area contributed by atoms with Crippen LogP contribution in [0.15, 0.2) is 0 Å². The highest BCUT2D eigenvalue weighted by Gasteiger charge is 2.36. The highest BCUT2D eigenvalue weighted by atomic mass is 32.2. The van der Waals surface area contributed by atoms with Crippen LogP contribution < -0.4 is 5.32 Å². The molecule has 3 atom stereocenters. The van der Waals surface area contributed by atoms with E-state index in [9.17, 15) is 9.00 Å². The zero-order valence-electron chi connectivity index (χ0n) is 11.1. The molecule has 1 aliphatic rings. The third kappa shape index (κ3) is 3.78. The zero-order chi connectivity index (χ0) is 12.8. The largest absolute Gasteiger partial charge is 0.325 e. The molecule has 1 fully saturated rings. The van der Waals surface area contributed by atoms with E-state index in [-0.39, 0.29) is 18.1 Å². The minimum atomic E-state index is -0.792. The summed E-state index contributed by atoms with van der Waals surface area (Å²) in [6, 6.07) is -0.0402. The quantitative estimate of drug-likeness (QED) is 0.745. The molecule has 4 nitrogen and oxygen atoms in total. The highest BCUT2D eigenvalue weighted by Crippen LogP contribution is 2.16. The number of nitrogens with one attached hydrogen (secondary N) is 1. The second-order valence-electron chi connectivity index (χ2n) is 4.40. The Balaban J connectivity index is 2.58. The van der Waals surface area contributed by atoms with Gasteiger partial charge in [0.15, 0.2) is 0 Å². The van der Waals surface area contributed by atoms with Gasteiger partial charge in [-0.3, -0.25) is 14.3 Å². The summed E-state index contributed by atoms with van der Waals surface area (Å²) in [6.07, 6.45) is 2.99. The van der Waals surface area contributed by atoms with Crippen LogP contribution in [0.2, 0.25) is 0 Å². The van der Waals surface area contributed by atoms with Gasteiger partial charge >= 0.3 is 0 Å². The van der Waals surface area contributed by atoms with Gasteiger partial charge in [0.25, 0.3) is 0 Å². The van der Waals surface area contributed by atoms with Crippen LogP contribution in [0.4, 0.5) is 0 Å². The molecule has 0 bridgehead atoms. The van der Waals surface area contributed by atoms with Gasteiger partial charge in [-0.05, 0) is 12.8 Å². The van der Waals surface area contributed by atoms with Crippen LogP contribution in [-0.2, 0) is 15.6 Å². The van der Waals surface area contributed by atoms with E-state index in [1.54, 1.807) is 0 Å². The molecule has 1 heterocycles. The monoisotopic (exact) mass is 260 g/mol. The van der Waals surface area contributed by atoms with Gasteiger partial charge in [-0.2, -0.15) is 0 Å². The molecule has 1 aliphatic heterocycles. The van der Waals surface area contributed by atoms with E-state index in [0.29, 0.717) is 18.1 Å². The summed E-state index contributed by atoms with van der Waals surface area (Å²) in [4.78, 5) is 14.0. The van der Waals surface area contributed by atoms with Gasteiger partial charge in [-0.25, -0.2) is 0 Å². The fraction of sp³-hybridized carbons (Fsp3) is 0.917. The van der Waals surface area contributed by atoms with Crippen molar-refractivity contribution in [3.8, 4) is 0 Å². The van der Waals surface area contributed by atoms with Gasteiger partial charge in [-0.15, -0.1) is 0 Å². The van der Waals surface area contributed by atoms with Gasteiger partial charge in [0.1, 0.15) is 0 Å². The Bertz CT molecular complexity index is 284. The molecule has 0 aromatic rings. The number of hydrogen-bond donors (Lipinski definition) is 1. The zero-order valence-corrected chi connectivity index (χ0v) is 11.9. The molecule has 1 N–H and O–H groups in total. The van der Waals surface area contributed by atoms with Gasteiger partial charge in [-0.1, -0.05) is 27.2 Å². The summed E-state index contributed by atoms with van der Waals surface area (Å²) in [5, 5.41) is 3.36. The van der Waals surface area contributed by atoms with Crippen LogP contribution >= 0.6 is 0 Å². The predicted octanol–water partition coefficient (Wildman–Crippen LogP) is 1.09. The Labute approximate surface area is 107 Å². The van der Waals surface area contributed by atoms with Gasteiger partial charge < -0.3 is 4.90 Å². The molecule has 1 rings (SSSR count). The lowest BCUT2D eigenvalue weighted by Crippen LogP contribution is -2.39. The summed E-state index contributed by atoms with van der Waals surface area (Å²) in [5.41, 5.74) is 0. The van der Waals surface area contributed by atoms with E-state index in [0.717, 1.165) is 19.3 Å². The molecule has 1 amide bonds. The number of nitrogens with zero attached hydrogens (tertiary/aromatic N) is 1. The first-order valence-electron chi connectivity index (χ1n) is 6.55. The fourth-order valence-electron chi connectivity index (χ4n) is 2.16. The van der Waals surface area contributed by atoms with Crippen LogP contribution in [0, 0.1) is 0 Å². The summed E-state index contributed by atoms with van der Waals surface area (Å²) >= 11 is 0. The average Bonchev–Trinajstić information content (AvgIpc) is 2.63. The fourth-order valence-corrected chi connectivity index (χ4v) is 2.85. The van der Waals surface area contributed by atoms with E-state index in [1.807, 2.05) is 18.7 Å². The number of amides is 1. The topological polar surface area (TPSA) is 49.4 Å². The third-order valence-electron chi connectivity index (χ3n) is 3.20. The molecule has 17 heavy (non-hydrogen) atoms. The number of carbonyl (C=O) groups excluding carboxylic acids is 1. The van der Waals surface area contributed by atoms with Crippen LogP contribution in [0.1, 0.15) is 40.0 Å². The lowest BCUT2D eigenvalue weighted by atomic mass is 10.2. The van der Waals surface area contributed by atoms with Crippen LogP contribution in [0.3, 0.4) is 0 Å². The van der Waals surface area contributed by atoms with Gasteiger partial charge in [0, 0.05) is 28.9 Å². The van der Waals surface area contributed by atoms with E-state index >= 15 is 0 Å². The van der Waals surface area contributed by atoms with Crippen molar-refractivity contribution < 1.29 is 9.00 Å². The Kier molecular flexibility index (Phi) is 6.12. The van der Waals surface area contributed by atoms with Crippen LogP contribution in [0.5, 0.6) is 0 Å². The maximum atomic E-state index is 12.1. The van der Waals surface area contributed by atoms with Crippen molar-refractivity contribution in [2.45, 2.75) is 52.2 Å². The lowest BCUT2D eigenvalue weighted by molar-refractivity contribution is -0.129. The second-order valence-corrected chi connectivity index (χ2v) is 6.26. The molecule has 0 aliphatic carbocycles. The minimum Gasteiger partial charge on any atom is -0.325 e. The SMILES string of the molecule is CCCC1NC(CC)C(=O)N1CCS(=O)CC. The first-order chi connectivity index (χ1) is 8.13. The van der Waals surface area contributed by atoms with Crippen molar-refractivity contribution in [1.82, 2.24) is 10.2 Å². The second kappa shape index (κ2) is 7.11. The van der Waals surface area contributed by atoms with Crippen LogP contribution in [0.25, 0.3) is 0 Å². The number of rotatable bonds is 7. The maximum Gasteiger partial charge on any atom is 0.241 e. The van der Waals surface area contributed by atoms with E-state index in [2.05, 4.69) is 12.2 Å². The van der Waals surface area contributed by atoms with E-state index in [1.165, 1.54) is 0 Å². The summed E-state index contributed by atoms with van der Waals surface area (Å²) < 4.78 is 11.4. The minimum absolute atomic E-state index is 0.0402. The number of hydrogen-bond acceptors (Lipinski definition) is 3. The standard InChI is InChI=1S/C12H24N2O2S/c1-4-7-11-13-10(5-2)12(15)14(11)8-9-17(16)6-3/h10-11,13H,4-9H2,1-3H3. The molecule has 5 heteroatoms. The molecule has 0 spiro atoms. The summed E-state index contributed by atoms with van der Waals surface area (Å²) in [5.74, 6) is 1.45. The predicted molar refractivity (Wildman–Crippen MR) is 71.2 cm³/mol. The first-order valence-corrected chi connectivity index (χ1v) is 8.04. The Morgan fingerprint density at radius 2 is 2.06 bits per heavy atom. The molecule has 0 radical (unpaired) electrons. The molecular weight excluding hydrogens is 236 g/mol. The number of carbonyl (C=O) groups is 1. The molecule has 0 aromatic heterocycles. The molecular formula is C12H24N2O2S. The highest BCUT2D eigenvalue weighted by molar-refractivity contribution is 7.84. The lowest BCUT2D eigenvalue weighted by Gasteiger charge is -2.23. The Morgan fingerprint density at radius 1 is 1.35 bits per heavy atom. The molecule has 0 saturated carbocycles. The van der Waals surface area contributed by atoms with Crippen molar-refractivity contribution in [3.05, 3.63) is 0 Å². The normalized spacial score (nSPS) is 26.5. The average molecular weight is 260 g/mol. The molecule has 1 saturated heterocycles. The van der Waals surface area contributed by atoms with Crippen molar-refractivity contribution in [3.63, 3.8) is 0 Å². The van der Waals surface area contributed by atoms with Gasteiger partial charge in [0.05, 0.1) is 12.2 Å². The Morgan fingerprint density at radius 3 is 2.59 bits per heavy atom. The maximum absolute atomic E-state index is 12.1. The van der Waals surface area contributed by atoms with Crippen molar-refractivity contribution in [2.75, 3.05) is 18.1 Å². The smallest absolute Gasteiger partial charge is 0.241 e. The van der Waals surface area contributed by atoms with Gasteiger partial charge in [0.2, 0.25) is 5.91 Å². The molecule has 0 aromatic carbocycles. The Hall–Kier alpha value is -0.420. The van der Waals surface area contributed by atoms with Crippen LogP contribution in [-0.4, -0.2) is 45.3 Å². The molecule has 100 valence electrons. The summed E-state index contributed by atoms with van der Waals surface area (Å²) in [7, 11) is -0.792. The summed E-state index contributed by atoms with van der Waals surface area (Å²) in [6.45, 7) is 6.67. The van der Waals surface area contributed by atoms with E-state index < -0.39 is 10.8 Å². The first kappa shape index (κ1) is 14.6. The van der Waals surface area contributed by atoms with E-state index in [4.69, 9.17) is 0 Å².